The van der Waals surface area contributed by atoms with Crippen LogP contribution < -0.4 is 5.73 Å². The molecule has 1 aromatic carbocycles. The van der Waals surface area contributed by atoms with Gasteiger partial charge >= 0.3 is 0 Å². The van der Waals surface area contributed by atoms with Crippen LogP contribution in [-0.4, -0.2) is 33.4 Å². The van der Waals surface area contributed by atoms with Gasteiger partial charge in [-0.05, 0) is 46.6 Å². The van der Waals surface area contributed by atoms with E-state index in [2.05, 4.69) is 15.9 Å². The molecular weight excluding hydrogens is 306 g/mol. The topological polar surface area (TPSA) is 69.4 Å². The highest BCUT2D eigenvalue weighted by molar-refractivity contribution is 9.10. The van der Waals surface area contributed by atoms with Gasteiger partial charge in [-0.1, -0.05) is 6.07 Å². The summed E-state index contributed by atoms with van der Waals surface area (Å²) in [7, 11) is -3.27. The standard InChI is InChI=1S/C11H14BrNO3S/c12-10-5-8(3-4-13)1-2-11(10)17(14,15)9-6-16-7-9/h1-2,5,9H,3-4,6-7,13H2. The molecule has 1 aliphatic rings. The van der Waals surface area contributed by atoms with Crippen LogP contribution in [0.5, 0.6) is 0 Å². The summed E-state index contributed by atoms with van der Waals surface area (Å²) in [6.45, 7) is 1.13. The van der Waals surface area contributed by atoms with Crippen molar-refractivity contribution in [1.29, 1.82) is 0 Å². The minimum absolute atomic E-state index is 0.291. The maximum atomic E-state index is 12.2. The van der Waals surface area contributed by atoms with Crippen molar-refractivity contribution in [2.75, 3.05) is 19.8 Å². The first-order chi connectivity index (χ1) is 8.05. The number of nitrogens with two attached hydrogens (primary N) is 1. The van der Waals surface area contributed by atoms with Gasteiger partial charge in [-0.25, -0.2) is 8.42 Å². The molecule has 4 nitrogen and oxygen atoms in total. The molecule has 1 heterocycles. The van der Waals surface area contributed by atoms with E-state index in [-0.39, 0.29) is 0 Å². The largest absolute Gasteiger partial charge is 0.379 e. The summed E-state index contributed by atoms with van der Waals surface area (Å²) >= 11 is 3.31. The minimum Gasteiger partial charge on any atom is -0.379 e. The Morgan fingerprint density at radius 3 is 2.59 bits per heavy atom. The van der Waals surface area contributed by atoms with E-state index in [1.807, 2.05) is 12.1 Å². The molecule has 0 atom stereocenters. The third kappa shape index (κ3) is 2.54. The maximum Gasteiger partial charge on any atom is 0.186 e. The molecule has 1 saturated heterocycles. The highest BCUT2D eigenvalue weighted by atomic mass is 79.9. The molecule has 1 aliphatic heterocycles. The highest BCUT2D eigenvalue weighted by Gasteiger charge is 2.35. The lowest BCUT2D eigenvalue weighted by Gasteiger charge is -2.26. The van der Waals surface area contributed by atoms with Crippen LogP contribution in [-0.2, 0) is 21.0 Å². The fourth-order valence-electron chi connectivity index (χ4n) is 1.67. The first kappa shape index (κ1) is 13.0. The summed E-state index contributed by atoms with van der Waals surface area (Å²) in [6.07, 6.45) is 0.742. The number of hydrogen-bond donors (Lipinski definition) is 1. The Hall–Kier alpha value is -0.430. The van der Waals surface area contributed by atoms with E-state index in [1.54, 1.807) is 6.07 Å². The van der Waals surface area contributed by atoms with Crippen LogP contribution in [0.15, 0.2) is 27.6 Å². The molecule has 17 heavy (non-hydrogen) atoms. The Kier molecular flexibility index (Phi) is 3.87. The lowest BCUT2D eigenvalue weighted by molar-refractivity contribution is 0.0416. The summed E-state index contributed by atoms with van der Waals surface area (Å²) in [4.78, 5) is 0.339. The van der Waals surface area contributed by atoms with Gasteiger partial charge in [-0.15, -0.1) is 0 Å². The van der Waals surface area contributed by atoms with Crippen LogP contribution in [0.4, 0.5) is 0 Å². The van der Waals surface area contributed by atoms with Gasteiger partial charge in [0.2, 0.25) is 0 Å². The smallest absolute Gasteiger partial charge is 0.186 e. The molecule has 0 spiro atoms. The van der Waals surface area contributed by atoms with Gasteiger partial charge in [-0.2, -0.15) is 0 Å². The van der Waals surface area contributed by atoms with Crippen LogP contribution in [0.3, 0.4) is 0 Å². The van der Waals surface area contributed by atoms with E-state index in [1.165, 1.54) is 0 Å². The van der Waals surface area contributed by atoms with Crippen molar-refractivity contribution < 1.29 is 13.2 Å². The third-order valence-corrected chi connectivity index (χ3v) is 5.82. The van der Waals surface area contributed by atoms with Crippen LogP contribution in [0.1, 0.15) is 5.56 Å². The van der Waals surface area contributed by atoms with Gasteiger partial charge in [0.1, 0.15) is 5.25 Å². The van der Waals surface area contributed by atoms with E-state index < -0.39 is 15.1 Å². The second kappa shape index (κ2) is 5.06. The van der Waals surface area contributed by atoms with E-state index in [9.17, 15) is 8.42 Å². The van der Waals surface area contributed by atoms with Gasteiger partial charge in [0.05, 0.1) is 18.1 Å². The second-order valence-corrected chi connectivity index (χ2v) is 7.06. The number of ether oxygens (including phenoxy) is 1. The van der Waals surface area contributed by atoms with Crippen molar-refractivity contribution in [2.45, 2.75) is 16.6 Å². The number of benzene rings is 1. The van der Waals surface area contributed by atoms with Crippen LogP contribution >= 0.6 is 15.9 Å². The first-order valence-electron chi connectivity index (χ1n) is 5.36. The molecule has 0 amide bonds. The zero-order valence-corrected chi connectivity index (χ0v) is 11.6. The summed E-state index contributed by atoms with van der Waals surface area (Å²) in [6, 6.07) is 5.27. The van der Waals surface area contributed by atoms with Crippen LogP contribution in [0.25, 0.3) is 0 Å². The zero-order valence-electron chi connectivity index (χ0n) is 9.23. The molecular formula is C11H14BrNO3S. The van der Waals surface area contributed by atoms with Crippen molar-refractivity contribution in [3.63, 3.8) is 0 Å². The van der Waals surface area contributed by atoms with Crippen LogP contribution in [0.2, 0.25) is 0 Å². The van der Waals surface area contributed by atoms with Crippen molar-refractivity contribution in [3.05, 3.63) is 28.2 Å². The molecule has 1 fully saturated rings. The molecule has 0 saturated carbocycles. The van der Waals surface area contributed by atoms with E-state index >= 15 is 0 Å². The van der Waals surface area contributed by atoms with Gasteiger partial charge in [0.25, 0.3) is 0 Å². The van der Waals surface area contributed by atoms with Gasteiger partial charge < -0.3 is 10.5 Å². The average Bonchev–Trinajstić information content (AvgIpc) is 2.13. The van der Waals surface area contributed by atoms with Gasteiger partial charge in [0.15, 0.2) is 9.84 Å². The van der Waals surface area contributed by atoms with Crippen molar-refractivity contribution in [3.8, 4) is 0 Å². The minimum atomic E-state index is -3.27. The average molecular weight is 320 g/mol. The SMILES string of the molecule is NCCc1ccc(S(=O)(=O)C2COC2)c(Br)c1. The van der Waals surface area contributed by atoms with E-state index in [0.29, 0.717) is 29.1 Å². The molecule has 0 aromatic heterocycles. The number of halogens is 1. The Morgan fingerprint density at radius 2 is 2.12 bits per heavy atom. The molecule has 0 bridgehead atoms. The molecule has 94 valence electrons. The molecule has 1 aromatic rings. The number of sulfone groups is 1. The van der Waals surface area contributed by atoms with E-state index in [4.69, 9.17) is 10.5 Å². The third-order valence-electron chi connectivity index (χ3n) is 2.78. The fourth-order valence-corrected chi connectivity index (χ4v) is 4.27. The molecule has 0 radical (unpaired) electrons. The Balaban J connectivity index is 2.33. The van der Waals surface area contributed by atoms with Gasteiger partial charge in [-0.3, -0.25) is 0 Å². The number of rotatable bonds is 4. The summed E-state index contributed by atoms with van der Waals surface area (Å²) < 4.78 is 29.9. The molecule has 0 unspecified atom stereocenters. The summed E-state index contributed by atoms with van der Waals surface area (Å²) in [5.41, 5.74) is 6.49. The predicted molar refractivity (Wildman–Crippen MR) is 68.7 cm³/mol. The van der Waals surface area contributed by atoms with Crippen molar-refractivity contribution in [2.24, 2.45) is 5.73 Å². The fraction of sp³-hybridized carbons (Fsp3) is 0.455. The second-order valence-electron chi connectivity index (χ2n) is 4.01. The Labute approximate surface area is 109 Å². The predicted octanol–water partition coefficient (Wildman–Crippen LogP) is 1.12. The molecule has 2 rings (SSSR count). The van der Waals surface area contributed by atoms with Crippen molar-refractivity contribution >= 4 is 25.8 Å². The lowest BCUT2D eigenvalue weighted by atomic mass is 10.2. The Morgan fingerprint density at radius 1 is 1.41 bits per heavy atom. The monoisotopic (exact) mass is 319 g/mol. The molecule has 2 N–H and O–H groups in total. The highest BCUT2D eigenvalue weighted by Crippen LogP contribution is 2.29. The first-order valence-corrected chi connectivity index (χ1v) is 7.70. The number of hydrogen-bond acceptors (Lipinski definition) is 4. The summed E-state index contributed by atoms with van der Waals surface area (Å²) in [5, 5.41) is -0.404. The maximum absolute atomic E-state index is 12.2. The molecule has 0 aliphatic carbocycles. The van der Waals surface area contributed by atoms with Crippen molar-refractivity contribution in [1.82, 2.24) is 0 Å². The summed E-state index contributed by atoms with van der Waals surface area (Å²) in [5.74, 6) is 0. The van der Waals surface area contributed by atoms with Crippen LogP contribution in [0, 0.1) is 0 Å². The zero-order chi connectivity index (χ0) is 12.5. The van der Waals surface area contributed by atoms with Gasteiger partial charge in [0, 0.05) is 4.47 Å². The Bertz CT molecular complexity index is 511. The quantitative estimate of drug-likeness (QED) is 0.903. The lowest BCUT2D eigenvalue weighted by Crippen LogP contribution is -2.40. The van der Waals surface area contributed by atoms with E-state index in [0.717, 1.165) is 12.0 Å². The molecule has 6 heteroatoms. The normalized spacial score (nSPS) is 16.8.